The van der Waals surface area contributed by atoms with Crippen LogP contribution in [0.2, 0.25) is 4.28 Å². The Hall–Kier alpha value is 0.0113. The highest BCUT2D eigenvalue weighted by atomic mass is 29.3. The molecule has 0 aromatic heterocycles. The topological polar surface area (TPSA) is 23.8 Å². The van der Waals surface area contributed by atoms with Gasteiger partial charge < -0.3 is 0 Å². The molecule has 7 heteroatoms. The second-order valence-electron chi connectivity index (χ2n) is 4.45. The van der Waals surface area contributed by atoms with Gasteiger partial charge in [0.15, 0.2) is 0 Å². The SMILES string of the molecule is CCC12[Si][Si]C(c3ccc(C#N)cc3)([Si][Si]1)[Si][Si]2. The van der Waals surface area contributed by atoms with Crippen LogP contribution >= 0.6 is 0 Å². The molecule has 18 heavy (non-hydrogen) atoms. The zero-order valence-corrected chi connectivity index (χ0v) is 16.0. The minimum Gasteiger partial charge on any atom is -0.192 e. The third kappa shape index (κ3) is 2.04. The smallest absolute Gasteiger partial charge is 0.0991 e. The summed E-state index contributed by atoms with van der Waals surface area (Å²) in [6.07, 6.45) is 1.42. The minimum atomic E-state index is 0.556. The van der Waals surface area contributed by atoms with Gasteiger partial charge in [-0.1, -0.05) is 35.3 Å². The first-order valence-corrected chi connectivity index (χ1v) is 14.9. The quantitative estimate of drug-likeness (QED) is 0.711. The maximum atomic E-state index is 8.89. The summed E-state index contributed by atoms with van der Waals surface area (Å²) in [7, 11) is 7.07. The Morgan fingerprint density at radius 3 is 2.00 bits per heavy atom. The fourth-order valence-electron chi connectivity index (χ4n) is 2.07. The maximum absolute atomic E-state index is 8.89. The molecule has 0 saturated carbocycles. The van der Waals surface area contributed by atoms with Crippen LogP contribution in [0.3, 0.4) is 0 Å². The lowest BCUT2D eigenvalue weighted by atomic mass is 10.2. The van der Waals surface area contributed by atoms with Crippen molar-refractivity contribution in [2.75, 3.05) is 0 Å². The fourth-order valence-corrected chi connectivity index (χ4v) is 33.0. The standard InChI is InChI=1S/C11H9NSi6/c1-2-10-13-16-11(17-14-10,18-15-10)9-5-3-8(7-12)4-6-9/h3-6H,2H2,1H3. The van der Waals surface area contributed by atoms with Crippen molar-refractivity contribution in [1.82, 2.24) is 0 Å². The van der Waals surface area contributed by atoms with E-state index in [4.69, 9.17) is 5.26 Å². The van der Waals surface area contributed by atoms with Crippen molar-refractivity contribution < 1.29 is 0 Å². The van der Waals surface area contributed by atoms with E-state index >= 15 is 0 Å². The first-order valence-electron chi connectivity index (χ1n) is 5.86. The molecule has 0 N–H and O–H groups in total. The van der Waals surface area contributed by atoms with Gasteiger partial charge in [0.2, 0.25) is 0 Å². The molecule has 1 aromatic carbocycles. The first kappa shape index (κ1) is 13.0. The molecule has 0 amide bonds. The van der Waals surface area contributed by atoms with Gasteiger partial charge in [0.1, 0.15) is 0 Å². The zero-order valence-electron chi connectivity index (χ0n) is 9.96. The molecule has 12 radical (unpaired) electrons. The van der Waals surface area contributed by atoms with Gasteiger partial charge in [0.25, 0.3) is 0 Å². The lowest BCUT2D eigenvalue weighted by Crippen LogP contribution is -2.68. The molecule has 0 unspecified atom stereocenters. The molecule has 3 fully saturated rings. The summed E-state index contributed by atoms with van der Waals surface area (Å²) in [5, 5.41) is 8.89. The molecule has 0 aliphatic carbocycles. The lowest BCUT2D eigenvalue weighted by Gasteiger charge is -2.51. The average molecular weight is 324 g/mol. The normalized spacial score (nSPS) is 34.2. The summed E-state index contributed by atoms with van der Waals surface area (Å²) in [5.74, 6) is 0. The molecular formula is C11H9NSi6. The first-order chi connectivity index (χ1) is 8.72. The zero-order chi connectivity index (χ0) is 12.6. The summed E-state index contributed by atoms with van der Waals surface area (Å²) in [6.45, 7) is 2.40. The van der Waals surface area contributed by atoms with Crippen LogP contribution in [0.15, 0.2) is 24.3 Å². The van der Waals surface area contributed by atoms with Crippen molar-refractivity contribution in [3.8, 4) is 6.07 Å². The second kappa shape index (κ2) is 4.84. The molecule has 1 aromatic rings. The molecule has 2 bridgehead atoms. The van der Waals surface area contributed by atoms with E-state index in [1.165, 1.54) is 39.1 Å². The van der Waals surface area contributed by atoms with E-state index < -0.39 is 0 Å². The third-order valence-corrected chi connectivity index (χ3v) is 29.9. The number of nitrogens with zero attached hydrogens (tertiary/aromatic N) is 1. The Kier molecular flexibility index (Phi) is 3.50. The van der Waals surface area contributed by atoms with Crippen LogP contribution in [0.1, 0.15) is 24.5 Å². The van der Waals surface area contributed by atoms with Gasteiger partial charge in [0.05, 0.1) is 11.6 Å². The van der Waals surface area contributed by atoms with Gasteiger partial charge >= 0.3 is 0 Å². The van der Waals surface area contributed by atoms with E-state index in [-0.39, 0.29) is 0 Å². The highest BCUT2D eigenvalue weighted by Crippen LogP contribution is 2.39. The van der Waals surface area contributed by atoms with Crippen LogP contribution in [0.4, 0.5) is 0 Å². The largest absolute Gasteiger partial charge is 0.192 e. The molecular weight excluding hydrogens is 315 g/mol. The number of rotatable bonds is 2. The summed E-state index contributed by atoms with van der Waals surface area (Å²) in [6, 6.07) is 10.7. The van der Waals surface area contributed by atoms with Gasteiger partial charge in [-0.2, -0.15) is 5.26 Å². The Bertz CT molecular complexity index is 469. The molecule has 3 aliphatic rings. The number of hydrogen-bond donors (Lipinski definition) is 0. The molecule has 3 saturated heterocycles. The fraction of sp³-hybridized carbons (Fsp3) is 0.364. The van der Waals surface area contributed by atoms with Gasteiger partial charge in [0, 0.05) is 54.2 Å². The van der Waals surface area contributed by atoms with Gasteiger partial charge in [-0.3, -0.25) is 0 Å². The lowest BCUT2D eigenvalue weighted by molar-refractivity contribution is 0.934. The molecule has 0 atom stereocenters. The van der Waals surface area contributed by atoms with Crippen LogP contribution < -0.4 is 0 Å². The Labute approximate surface area is 122 Å². The predicted molar refractivity (Wildman–Crippen MR) is 80.3 cm³/mol. The van der Waals surface area contributed by atoms with E-state index in [2.05, 4.69) is 25.1 Å². The second-order valence-corrected chi connectivity index (χ2v) is 18.3. The number of nitriles is 1. The van der Waals surface area contributed by atoms with E-state index in [1.54, 1.807) is 0 Å². The molecule has 1 nitrogen and oxygen atoms in total. The van der Waals surface area contributed by atoms with E-state index in [9.17, 15) is 0 Å². The van der Waals surface area contributed by atoms with Crippen LogP contribution in [0, 0.1) is 11.3 Å². The highest BCUT2D eigenvalue weighted by molar-refractivity contribution is 7.42. The van der Waals surface area contributed by atoms with E-state index in [1.807, 2.05) is 12.1 Å². The van der Waals surface area contributed by atoms with Crippen molar-refractivity contribution in [3.63, 3.8) is 0 Å². The third-order valence-electron chi connectivity index (χ3n) is 3.37. The Balaban J connectivity index is 1.87. The Morgan fingerprint density at radius 1 is 1.00 bits per heavy atom. The van der Waals surface area contributed by atoms with Crippen molar-refractivity contribution in [2.45, 2.75) is 21.9 Å². The Morgan fingerprint density at radius 2 is 1.56 bits per heavy atom. The van der Waals surface area contributed by atoms with Gasteiger partial charge in [-0.25, -0.2) is 0 Å². The minimum absolute atomic E-state index is 0.556. The molecule has 0 spiro atoms. The van der Waals surface area contributed by atoms with Gasteiger partial charge in [-0.05, 0) is 16.4 Å². The average Bonchev–Trinajstić information content (AvgIpc) is 2.49. The van der Waals surface area contributed by atoms with Crippen LogP contribution in [0.25, 0.3) is 0 Å². The maximum Gasteiger partial charge on any atom is 0.0991 e. The predicted octanol–water partition coefficient (Wildman–Crippen LogP) is 0.150. The number of fused-ring (bicyclic) bond motifs is 3. The summed E-state index contributed by atoms with van der Waals surface area (Å²) >= 11 is 0. The van der Waals surface area contributed by atoms with Crippen LogP contribution in [0.5, 0.6) is 0 Å². The monoisotopic (exact) mass is 323 g/mol. The van der Waals surface area contributed by atoms with Crippen LogP contribution in [-0.4, -0.2) is 54.2 Å². The van der Waals surface area contributed by atoms with Crippen molar-refractivity contribution in [1.29, 1.82) is 5.26 Å². The number of hydrogen-bond acceptors (Lipinski definition) is 1. The summed E-state index contributed by atoms with van der Waals surface area (Å²) in [4.78, 5) is 0. The number of benzene rings is 1. The molecule has 4 rings (SSSR count). The summed E-state index contributed by atoms with van der Waals surface area (Å²) < 4.78 is 1.35. The molecule has 3 heterocycles. The molecule has 82 valence electrons. The highest BCUT2D eigenvalue weighted by Gasteiger charge is 2.50. The summed E-state index contributed by atoms with van der Waals surface area (Å²) in [5.41, 5.74) is 2.33. The van der Waals surface area contributed by atoms with Crippen molar-refractivity contribution in [2.24, 2.45) is 0 Å². The van der Waals surface area contributed by atoms with Crippen LogP contribution in [-0.2, 0) is 4.28 Å². The molecule has 3 aliphatic heterocycles. The van der Waals surface area contributed by atoms with E-state index in [0.717, 1.165) is 37.0 Å². The van der Waals surface area contributed by atoms with E-state index in [0.29, 0.717) is 4.28 Å². The van der Waals surface area contributed by atoms with Crippen molar-refractivity contribution >= 4 is 54.2 Å². The van der Waals surface area contributed by atoms with Gasteiger partial charge in [-0.15, -0.1) is 0 Å². The van der Waals surface area contributed by atoms with Crippen molar-refractivity contribution in [3.05, 3.63) is 35.4 Å².